The highest BCUT2D eigenvalue weighted by atomic mass is 35.5. The van der Waals surface area contributed by atoms with Gasteiger partial charge in [-0.2, -0.15) is 13.2 Å². The van der Waals surface area contributed by atoms with Crippen molar-refractivity contribution in [1.82, 2.24) is 4.90 Å². The van der Waals surface area contributed by atoms with E-state index in [1.807, 2.05) is 54.4 Å². The number of amides is 3. The normalized spacial score (nSPS) is 12.0. The summed E-state index contributed by atoms with van der Waals surface area (Å²) in [5, 5.41) is 3.04. The molecule has 0 radical (unpaired) electrons. The summed E-state index contributed by atoms with van der Waals surface area (Å²) in [4.78, 5) is 27.4. The van der Waals surface area contributed by atoms with Crippen molar-refractivity contribution in [2.75, 3.05) is 23.8 Å². The molecule has 0 aliphatic heterocycles. The molecule has 0 aliphatic carbocycles. The van der Waals surface area contributed by atoms with Crippen molar-refractivity contribution < 1.29 is 22.8 Å². The molecule has 3 amide bonds. The number of rotatable bonds is 7. The number of nitrogens with zero attached hydrogens (tertiary/aromatic N) is 2. The standard InChI is InChI=1S/C24H21ClF3N3O2/c1-30(21-13-9-19(25)10-14-21)22(17-5-3-2-4-6-17)15-31(16-32)23(33)29-20-11-7-18(8-12-20)24(26,27)28/h2-14,16,22H,15H2,1H3,(H,29,33). The van der Waals surface area contributed by atoms with Crippen LogP contribution in [0.5, 0.6) is 0 Å². The zero-order chi connectivity index (χ0) is 24.0. The second-order valence-electron chi connectivity index (χ2n) is 7.28. The van der Waals surface area contributed by atoms with E-state index in [0.29, 0.717) is 11.4 Å². The molecule has 1 N–H and O–H groups in total. The van der Waals surface area contributed by atoms with Crippen LogP contribution in [0.3, 0.4) is 0 Å². The first kappa shape index (κ1) is 24.1. The Kier molecular flexibility index (Phi) is 7.60. The number of benzene rings is 3. The predicted octanol–water partition coefficient (Wildman–Crippen LogP) is 6.23. The molecule has 0 spiro atoms. The summed E-state index contributed by atoms with van der Waals surface area (Å²) in [6.45, 7) is -0.000885. The topological polar surface area (TPSA) is 52.7 Å². The number of nitrogens with one attached hydrogen (secondary N) is 1. The van der Waals surface area contributed by atoms with E-state index in [4.69, 9.17) is 11.6 Å². The van der Waals surface area contributed by atoms with Crippen LogP contribution in [0.1, 0.15) is 17.2 Å². The van der Waals surface area contributed by atoms with E-state index in [1.165, 1.54) is 0 Å². The Morgan fingerprint density at radius 2 is 1.61 bits per heavy atom. The molecule has 1 atom stereocenters. The third-order valence-electron chi connectivity index (χ3n) is 5.11. The third-order valence-corrected chi connectivity index (χ3v) is 5.36. The van der Waals surface area contributed by atoms with Crippen LogP contribution in [-0.4, -0.2) is 30.9 Å². The van der Waals surface area contributed by atoms with Gasteiger partial charge in [-0.1, -0.05) is 41.9 Å². The molecule has 0 heterocycles. The molecule has 1 unspecified atom stereocenters. The van der Waals surface area contributed by atoms with Gasteiger partial charge >= 0.3 is 12.2 Å². The van der Waals surface area contributed by atoms with Crippen molar-refractivity contribution in [1.29, 1.82) is 0 Å². The van der Waals surface area contributed by atoms with Gasteiger partial charge in [0.2, 0.25) is 6.41 Å². The summed E-state index contributed by atoms with van der Waals surface area (Å²) >= 11 is 5.98. The number of urea groups is 1. The van der Waals surface area contributed by atoms with E-state index in [-0.39, 0.29) is 12.2 Å². The Morgan fingerprint density at radius 3 is 2.15 bits per heavy atom. The van der Waals surface area contributed by atoms with Crippen molar-refractivity contribution >= 4 is 35.4 Å². The highest BCUT2D eigenvalue weighted by Gasteiger charge is 2.30. The Hall–Kier alpha value is -3.52. The predicted molar refractivity (Wildman–Crippen MR) is 122 cm³/mol. The van der Waals surface area contributed by atoms with Crippen molar-refractivity contribution in [3.05, 3.63) is 95.0 Å². The van der Waals surface area contributed by atoms with Crippen LogP contribution in [-0.2, 0) is 11.0 Å². The van der Waals surface area contributed by atoms with Crippen LogP contribution >= 0.6 is 11.6 Å². The first-order chi connectivity index (χ1) is 15.7. The summed E-state index contributed by atoms with van der Waals surface area (Å²) in [5.41, 5.74) is 0.995. The molecule has 5 nitrogen and oxygen atoms in total. The average Bonchev–Trinajstić information content (AvgIpc) is 2.80. The number of carbonyl (C=O) groups is 2. The van der Waals surface area contributed by atoms with Gasteiger partial charge < -0.3 is 10.2 Å². The largest absolute Gasteiger partial charge is 0.416 e. The van der Waals surface area contributed by atoms with E-state index in [1.54, 1.807) is 12.1 Å². The number of imide groups is 1. The number of hydrogen-bond acceptors (Lipinski definition) is 3. The van der Waals surface area contributed by atoms with E-state index in [0.717, 1.165) is 40.4 Å². The molecule has 0 fully saturated rings. The Labute approximate surface area is 194 Å². The molecule has 0 bridgehead atoms. The van der Waals surface area contributed by atoms with Gasteiger partial charge in [-0.05, 0) is 54.1 Å². The molecule has 3 aromatic rings. The minimum Gasteiger partial charge on any atom is -0.366 e. The molecule has 0 saturated carbocycles. The van der Waals surface area contributed by atoms with Gasteiger partial charge in [0.1, 0.15) is 0 Å². The fraction of sp³-hybridized carbons (Fsp3) is 0.167. The molecule has 0 aromatic heterocycles. The number of halogens is 4. The first-order valence-electron chi connectivity index (χ1n) is 9.92. The number of likely N-dealkylation sites (N-methyl/N-ethyl adjacent to an activating group) is 1. The Morgan fingerprint density at radius 1 is 1.00 bits per heavy atom. The lowest BCUT2D eigenvalue weighted by Crippen LogP contribution is -2.41. The van der Waals surface area contributed by atoms with Crippen LogP contribution in [0.15, 0.2) is 78.9 Å². The van der Waals surface area contributed by atoms with E-state index in [2.05, 4.69) is 5.32 Å². The van der Waals surface area contributed by atoms with Gasteiger partial charge in [-0.15, -0.1) is 0 Å². The van der Waals surface area contributed by atoms with Crippen molar-refractivity contribution in [2.24, 2.45) is 0 Å². The van der Waals surface area contributed by atoms with Crippen molar-refractivity contribution in [3.63, 3.8) is 0 Å². The second kappa shape index (κ2) is 10.4. The maximum Gasteiger partial charge on any atom is 0.416 e. The summed E-state index contributed by atoms with van der Waals surface area (Å²) in [6, 6.07) is 19.3. The third kappa shape index (κ3) is 6.26. The summed E-state index contributed by atoms with van der Waals surface area (Å²) < 4.78 is 38.3. The average molecular weight is 476 g/mol. The van der Waals surface area contributed by atoms with E-state index < -0.39 is 23.8 Å². The molecule has 172 valence electrons. The van der Waals surface area contributed by atoms with E-state index in [9.17, 15) is 22.8 Å². The lowest BCUT2D eigenvalue weighted by Gasteiger charge is -2.33. The molecule has 3 aromatic carbocycles. The van der Waals surface area contributed by atoms with Gasteiger partial charge in [0.25, 0.3) is 0 Å². The van der Waals surface area contributed by atoms with E-state index >= 15 is 0 Å². The van der Waals surface area contributed by atoms with Crippen molar-refractivity contribution in [3.8, 4) is 0 Å². The maximum absolute atomic E-state index is 12.8. The maximum atomic E-state index is 12.8. The Balaban J connectivity index is 1.80. The number of alkyl halides is 3. The molecule has 33 heavy (non-hydrogen) atoms. The minimum absolute atomic E-state index is 0.000885. The molecule has 3 rings (SSSR count). The first-order valence-corrected chi connectivity index (χ1v) is 10.3. The molecular weight excluding hydrogens is 455 g/mol. The summed E-state index contributed by atoms with van der Waals surface area (Å²) in [5.74, 6) is 0. The monoisotopic (exact) mass is 475 g/mol. The second-order valence-corrected chi connectivity index (χ2v) is 7.71. The highest BCUT2D eigenvalue weighted by Crippen LogP contribution is 2.30. The summed E-state index contributed by atoms with van der Waals surface area (Å²) in [7, 11) is 1.83. The van der Waals surface area contributed by atoms with Crippen LogP contribution in [0, 0.1) is 0 Å². The van der Waals surface area contributed by atoms with Gasteiger partial charge in [0.15, 0.2) is 0 Å². The van der Waals surface area contributed by atoms with Crippen LogP contribution in [0.4, 0.5) is 29.3 Å². The Bertz CT molecular complexity index is 1070. The number of carbonyl (C=O) groups excluding carboxylic acids is 2. The lowest BCUT2D eigenvalue weighted by atomic mass is 10.0. The summed E-state index contributed by atoms with van der Waals surface area (Å²) in [6.07, 6.45) is -4.09. The quantitative estimate of drug-likeness (QED) is 0.412. The SMILES string of the molecule is CN(c1ccc(Cl)cc1)C(CN(C=O)C(=O)Nc1ccc(C(F)(F)F)cc1)c1ccccc1. The van der Waals surface area contributed by atoms with Crippen LogP contribution in [0.25, 0.3) is 0 Å². The number of anilines is 2. The van der Waals surface area contributed by atoms with Crippen LogP contribution < -0.4 is 10.2 Å². The fourth-order valence-electron chi connectivity index (χ4n) is 3.28. The van der Waals surface area contributed by atoms with Gasteiger partial charge in [0, 0.05) is 23.4 Å². The van der Waals surface area contributed by atoms with Gasteiger partial charge in [-0.25, -0.2) is 4.79 Å². The number of hydrogen-bond donors (Lipinski definition) is 1. The fourth-order valence-corrected chi connectivity index (χ4v) is 3.41. The lowest BCUT2D eigenvalue weighted by molar-refractivity contribution is -0.137. The minimum atomic E-state index is -4.48. The molecule has 9 heteroatoms. The molecule has 0 aliphatic rings. The zero-order valence-corrected chi connectivity index (χ0v) is 18.3. The zero-order valence-electron chi connectivity index (χ0n) is 17.6. The van der Waals surface area contributed by atoms with Gasteiger partial charge in [0.05, 0.1) is 18.2 Å². The van der Waals surface area contributed by atoms with Crippen LogP contribution in [0.2, 0.25) is 5.02 Å². The highest BCUT2D eigenvalue weighted by molar-refractivity contribution is 6.30. The van der Waals surface area contributed by atoms with Crippen molar-refractivity contribution in [2.45, 2.75) is 12.2 Å². The van der Waals surface area contributed by atoms with Gasteiger partial charge in [-0.3, -0.25) is 9.69 Å². The molecule has 0 saturated heterocycles. The smallest absolute Gasteiger partial charge is 0.366 e. The molecular formula is C24H21ClF3N3O2.